The van der Waals surface area contributed by atoms with Crippen LogP contribution < -0.4 is 15.0 Å². The van der Waals surface area contributed by atoms with Gasteiger partial charge in [0.1, 0.15) is 5.75 Å². The van der Waals surface area contributed by atoms with Crippen molar-refractivity contribution in [3.8, 4) is 5.75 Å². The molecule has 1 aromatic carbocycles. The van der Waals surface area contributed by atoms with Gasteiger partial charge in [-0.3, -0.25) is 0 Å². The van der Waals surface area contributed by atoms with Gasteiger partial charge in [-0.2, -0.15) is 0 Å². The highest BCUT2D eigenvalue weighted by Gasteiger charge is 2.23. The molecule has 1 aromatic rings. The molecule has 0 aromatic heterocycles. The number of rotatable bonds is 5. The molecule has 1 N–H and O–H groups in total. The lowest BCUT2D eigenvalue weighted by atomic mass is 10.1. The van der Waals surface area contributed by atoms with Crippen molar-refractivity contribution in [2.75, 3.05) is 38.3 Å². The van der Waals surface area contributed by atoms with E-state index in [2.05, 4.69) is 22.3 Å². The van der Waals surface area contributed by atoms with Gasteiger partial charge in [-0.05, 0) is 43.5 Å². The Balaban J connectivity index is 1.80. The molecule has 5 heteroatoms. The standard InChI is InChI=1S/C15H22N2O3/c1-3-20-15(18)16-10-12-8-9-17(11-12)13-4-6-14(19-2)7-5-13/h4-7,12H,3,8-11H2,1-2H3,(H,16,18). The Hall–Kier alpha value is -1.91. The fraction of sp³-hybridized carbons (Fsp3) is 0.533. The van der Waals surface area contributed by atoms with Gasteiger partial charge in [-0.25, -0.2) is 4.79 Å². The van der Waals surface area contributed by atoms with Crippen LogP contribution in [0.5, 0.6) is 5.75 Å². The molecule has 0 saturated carbocycles. The van der Waals surface area contributed by atoms with Crippen molar-refractivity contribution in [2.24, 2.45) is 5.92 Å². The molecule has 1 aliphatic rings. The number of nitrogens with one attached hydrogen (secondary N) is 1. The zero-order valence-electron chi connectivity index (χ0n) is 12.1. The summed E-state index contributed by atoms with van der Waals surface area (Å²) in [5.41, 5.74) is 1.20. The summed E-state index contributed by atoms with van der Waals surface area (Å²) in [6, 6.07) is 8.08. The predicted octanol–water partition coefficient (Wildman–Crippen LogP) is 2.27. The quantitative estimate of drug-likeness (QED) is 0.897. The smallest absolute Gasteiger partial charge is 0.407 e. The van der Waals surface area contributed by atoms with Crippen LogP contribution in [0.4, 0.5) is 10.5 Å². The summed E-state index contributed by atoms with van der Waals surface area (Å²) in [5, 5.41) is 2.81. The van der Waals surface area contributed by atoms with Crippen molar-refractivity contribution in [2.45, 2.75) is 13.3 Å². The van der Waals surface area contributed by atoms with Crippen molar-refractivity contribution in [3.63, 3.8) is 0 Å². The number of benzene rings is 1. The third-order valence-corrected chi connectivity index (χ3v) is 3.53. The molecule has 1 amide bonds. The highest BCUT2D eigenvalue weighted by molar-refractivity contribution is 5.67. The fourth-order valence-corrected chi connectivity index (χ4v) is 2.44. The van der Waals surface area contributed by atoms with Crippen LogP contribution in [0.1, 0.15) is 13.3 Å². The molecule has 1 atom stereocenters. The SMILES string of the molecule is CCOC(=O)NCC1CCN(c2ccc(OC)cc2)C1. The van der Waals surface area contributed by atoms with Crippen LogP contribution in [0.15, 0.2) is 24.3 Å². The lowest BCUT2D eigenvalue weighted by Gasteiger charge is -2.19. The number of nitrogens with zero attached hydrogens (tertiary/aromatic N) is 1. The van der Waals surface area contributed by atoms with Crippen LogP contribution in [-0.4, -0.2) is 39.4 Å². The van der Waals surface area contributed by atoms with Crippen molar-refractivity contribution in [1.82, 2.24) is 5.32 Å². The summed E-state index contributed by atoms with van der Waals surface area (Å²) in [4.78, 5) is 13.6. The van der Waals surface area contributed by atoms with Gasteiger partial charge in [0.2, 0.25) is 0 Å². The summed E-state index contributed by atoms with van der Waals surface area (Å²) >= 11 is 0. The number of carbonyl (C=O) groups is 1. The summed E-state index contributed by atoms with van der Waals surface area (Å²) in [6.07, 6.45) is 0.758. The van der Waals surface area contributed by atoms with E-state index in [1.165, 1.54) is 5.69 Å². The number of anilines is 1. The van der Waals surface area contributed by atoms with E-state index in [1.54, 1.807) is 14.0 Å². The molecule has 0 bridgehead atoms. The lowest BCUT2D eigenvalue weighted by Crippen LogP contribution is -2.31. The largest absolute Gasteiger partial charge is 0.497 e. The lowest BCUT2D eigenvalue weighted by molar-refractivity contribution is 0.151. The first-order valence-corrected chi connectivity index (χ1v) is 7.02. The van der Waals surface area contributed by atoms with E-state index in [0.29, 0.717) is 19.1 Å². The molecule has 1 fully saturated rings. The Morgan fingerprint density at radius 3 is 2.80 bits per heavy atom. The summed E-state index contributed by atoms with van der Waals surface area (Å²) in [5.74, 6) is 1.34. The number of ether oxygens (including phenoxy) is 2. The zero-order valence-corrected chi connectivity index (χ0v) is 12.1. The van der Waals surface area contributed by atoms with E-state index < -0.39 is 0 Å². The topological polar surface area (TPSA) is 50.8 Å². The molecule has 20 heavy (non-hydrogen) atoms. The monoisotopic (exact) mass is 278 g/mol. The average Bonchev–Trinajstić information content (AvgIpc) is 2.94. The minimum Gasteiger partial charge on any atom is -0.497 e. The van der Waals surface area contributed by atoms with Gasteiger partial charge in [0.05, 0.1) is 13.7 Å². The number of amides is 1. The Morgan fingerprint density at radius 2 is 2.15 bits per heavy atom. The zero-order chi connectivity index (χ0) is 14.4. The van der Waals surface area contributed by atoms with E-state index in [9.17, 15) is 4.79 Å². The van der Waals surface area contributed by atoms with Crippen molar-refractivity contribution in [3.05, 3.63) is 24.3 Å². The Bertz CT molecular complexity index is 433. The fourth-order valence-electron chi connectivity index (χ4n) is 2.44. The molecule has 1 aliphatic heterocycles. The average molecular weight is 278 g/mol. The van der Waals surface area contributed by atoms with E-state index >= 15 is 0 Å². The maximum atomic E-state index is 11.3. The first-order chi connectivity index (χ1) is 9.72. The second-order valence-corrected chi connectivity index (χ2v) is 4.90. The molecule has 2 rings (SSSR count). The molecule has 1 saturated heterocycles. The number of hydrogen-bond donors (Lipinski definition) is 1. The molecule has 1 unspecified atom stereocenters. The van der Waals surface area contributed by atoms with Crippen molar-refractivity contribution >= 4 is 11.8 Å². The van der Waals surface area contributed by atoms with Gasteiger partial charge in [0.25, 0.3) is 0 Å². The van der Waals surface area contributed by atoms with Gasteiger partial charge < -0.3 is 19.7 Å². The van der Waals surface area contributed by atoms with Crippen molar-refractivity contribution in [1.29, 1.82) is 0 Å². The summed E-state index contributed by atoms with van der Waals surface area (Å²) in [7, 11) is 1.67. The Kier molecular flexibility index (Phi) is 5.09. The van der Waals surface area contributed by atoms with E-state index in [-0.39, 0.29) is 6.09 Å². The highest BCUT2D eigenvalue weighted by atomic mass is 16.5. The van der Waals surface area contributed by atoms with Gasteiger partial charge in [0.15, 0.2) is 0 Å². The maximum Gasteiger partial charge on any atom is 0.407 e. The Morgan fingerprint density at radius 1 is 1.40 bits per heavy atom. The van der Waals surface area contributed by atoms with Gasteiger partial charge in [0, 0.05) is 25.3 Å². The van der Waals surface area contributed by atoms with Crippen LogP contribution in [0.3, 0.4) is 0 Å². The molecular formula is C15H22N2O3. The van der Waals surface area contributed by atoms with Gasteiger partial charge >= 0.3 is 6.09 Å². The maximum absolute atomic E-state index is 11.3. The summed E-state index contributed by atoms with van der Waals surface area (Å²) < 4.78 is 10.0. The molecular weight excluding hydrogens is 256 g/mol. The van der Waals surface area contributed by atoms with Crippen LogP contribution in [0.2, 0.25) is 0 Å². The second kappa shape index (κ2) is 7.03. The number of carbonyl (C=O) groups excluding carboxylic acids is 1. The second-order valence-electron chi connectivity index (χ2n) is 4.90. The number of methoxy groups -OCH3 is 1. The van der Waals surface area contributed by atoms with Crippen LogP contribution >= 0.6 is 0 Å². The van der Waals surface area contributed by atoms with Gasteiger partial charge in [-0.15, -0.1) is 0 Å². The van der Waals surface area contributed by atoms with Crippen LogP contribution in [0.25, 0.3) is 0 Å². The molecule has 0 spiro atoms. The van der Waals surface area contributed by atoms with Crippen LogP contribution in [0, 0.1) is 5.92 Å². The first-order valence-electron chi connectivity index (χ1n) is 7.02. The molecule has 0 aliphatic carbocycles. The van der Waals surface area contributed by atoms with Crippen LogP contribution in [-0.2, 0) is 4.74 Å². The highest BCUT2D eigenvalue weighted by Crippen LogP contribution is 2.25. The third-order valence-electron chi connectivity index (χ3n) is 3.53. The summed E-state index contributed by atoms with van der Waals surface area (Å²) in [6.45, 7) is 4.86. The molecule has 0 radical (unpaired) electrons. The molecule has 110 valence electrons. The normalized spacial score (nSPS) is 17.9. The van der Waals surface area contributed by atoms with E-state index in [4.69, 9.17) is 9.47 Å². The molecule has 5 nitrogen and oxygen atoms in total. The minimum atomic E-state index is -0.324. The Labute approximate surface area is 119 Å². The molecule has 1 heterocycles. The predicted molar refractivity (Wildman–Crippen MR) is 78.3 cm³/mol. The first kappa shape index (κ1) is 14.5. The number of hydrogen-bond acceptors (Lipinski definition) is 4. The minimum absolute atomic E-state index is 0.324. The van der Waals surface area contributed by atoms with Gasteiger partial charge in [-0.1, -0.05) is 0 Å². The number of alkyl carbamates (subject to hydrolysis) is 1. The van der Waals surface area contributed by atoms with E-state index in [1.807, 2.05) is 12.1 Å². The van der Waals surface area contributed by atoms with E-state index in [0.717, 1.165) is 25.3 Å². The van der Waals surface area contributed by atoms with Crippen molar-refractivity contribution < 1.29 is 14.3 Å². The third kappa shape index (κ3) is 3.79.